The van der Waals surface area contributed by atoms with Crippen molar-refractivity contribution in [2.24, 2.45) is 5.92 Å². The Balaban J connectivity index is 2.01. The molecule has 0 aliphatic rings. The molecule has 0 aromatic carbocycles. The zero-order valence-corrected chi connectivity index (χ0v) is 11.9. The standard InChI is InChI=1S/C13H19ClN4O/c1-3-9(4-2)11(19)7-15-13-16-12-6-5-10(14)8-18(12)17-13/h5-6,8-9,11,19H,3-4,7H2,1-2H3,(H,15,17). The number of fused-ring (bicyclic) bond motifs is 1. The third kappa shape index (κ3) is 3.36. The number of halogens is 1. The number of pyridine rings is 1. The predicted molar refractivity (Wildman–Crippen MR) is 76.6 cm³/mol. The Labute approximate surface area is 117 Å². The molecule has 2 rings (SSSR count). The molecule has 104 valence electrons. The van der Waals surface area contributed by atoms with Crippen LogP contribution in [-0.4, -0.2) is 32.4 Å². The van der Waals surface area contributed by atoms with Gasteiger partial charge in [0, 0.05) is 12.7 Å². The van der Waals surface area contributed by atoms with E-state index in [4.69, 9.17) is 11.6 Å². The van der Waals surface area contributed by atoms with Gasteiger partial charge in [-0.15, -0.1) is 5.10 Å². The van der Waals surface area contributed by atoms with E-state index in [9.17, 15) is 5.11 Å². The van der Waals surface area contributed by atoms with Gasteiger partial charge < -0.3 is 10.4 Å². The molecule has 0 radical (unpaired) electrons. The minimum Gasteiger partial charge on any atom is -0.391 e. The first-order valence-corrected chi connectivity index (χ1v) is 6.95. The lowest BCUT2D eigenvalue weighted by atomic mass is 9.97. The fraction of sp³-hybridized carbons (Fsp3) is 0.538. The first-order chi connectivity index (χ1) is 9.13. The molecule has 0 aliphatic heterocycles. The molecule has 0 fully saturated rings. The zero-order chi connectivity index (χ0) is 13.8. The van der Waals surface area contributed by atoms with Gasteiger partial charge in [-0.05, 0) is 18.1 Å². The van der Waals surface area contributed by atoms with Gasteiger partial charge in [0.2, 0.25) is 5.95 Å². The minimum atomic E-state index is -0.384. The molecule has 2 aromatic rings. The van der Waals surface area contributed by atoms with Gasteiger partial charge in [0.05, 0.1) is 11.1 Å². The van der Waals surface area contributed by atoms with E-state index in [-0.39, 0.29) is 6.10 Å². The van der Waals surface area contributed by atoms with E-state index in [0.717, 1.165) is 18.5 Å². The molecule has 6 heteroatoms. The fourth-order valence-corrected chi connectivity index (χ4v) is 2.28. The Morgan fingerprint density at radius 1 is 1.37 bits per heavy atom. The third-order valence-electron chi connectivity index (χ3n) is 3.36. The summed E-state index contributed by atoms with van der Waals surface area (Å²) in [5.41, 5.74) is 0.726. The maximum atomic E-state index is 10.0. The molecular formula is C13H19ClN4O. The number of anilines is 1. The monoisotopic (exact) mass is 282 g/mol. The van der Waals surface area contributed by atoms with E-state index in [0.29, 0.717) is 23.4 Å². The average Bonchev–Trinajstić information content (AvgIpc) is 2.79. The normalized spacial score (nSPS) is 13.1. The molecule has 0 amide bonds. The predicted octanol–water partition coefficient (Wildman–Crippen LogP) is 2.59. The van der Waals surface area contributed by atoms with Crippen molar-refractivity contribution >= 4 is 23.2 Å². The topological polar surface area (TPSA) is 62.5 Å². The van der Waals surface area contributed by atoms with Crippen LogP contribution in [0.25, 0.3) is 5.65 Å². The number of aliphatic hydroxyl groups is 1. The van der Waals surface area contributed by atoms with Crippen molar-refractivity contribution in [1.82, 2.24) is 14.6 Å². The van der Waals surface area contributed by atoms with Gasteiger partial charge >= 0.3 is 0 Å². The van der Waals surface area contributed by atoms with Crippen LogP contribution < -0.4 is 5.32 Å². The summed E-state index contributed by atoms with van der Waals surface area (Å²) >= 11 is 5.89. The fourth-order valence-electron chi connectivity index (χ4n) is 2.13. The molecule has 2 heterocycles. The zero-order valence-electron chi connectivity index (χ0n) is 11.2. The van der Waals surface area contributed by atoms with Crippen molar-refractivity contribution in [2.75, 3.05) is 11.9 Å². The van der Waals surface area contributed by atoms with Crippen LogP contribution in [0.1, 0.15) is 26.7 Å². The Bertz CT molecular complexity index is 538. The number of nitrogens with zero attached hydrogens (tertiary/aromatic N) is 3. The summed E-state index contributed by atoms with van der Waals surface area (Å²) in [6.45, 7) is 4.63. The molecule has 2 aromatic heterocycles. The molecule has 2 N–H and O–H groups in total. The molecule has 0 aliphatic carbocycles. The highest BCUT2D eigenvalue weighted by atomic mass is 35.5. The smallest absolute Gasteiger partial charge is 0.243 e. The average molecular weight is 283 g/mol. The Morgan fingerprint density at radius 2 is 2.11 bits per heavy atom. The van der Waals surface area contributed by atoms with Gasteiger partial charge in [0.15, 0.2) is 5.65 Å². The lowest BCUT2D eigenvalue weighted by Crippen LogP contribution is -2.28. The number of nitrogens with one attached hydrogen (secondary N) is 1. The van der Waals surface area contributed by atoms with Crippen molar-refractivity contribution in [3.63, 3.8) is 0 Å². The van der Waals surface area contributed by atoms with Gasteiger partial charge in [-0.3, -0.25) is 0 Å². The largest absolute Gasteiger partial charge is 0.391 e. The van der Waals surface area contributed by atoms with Crippen LogP contribution >= 0.6 is 11.6 Å². The second-order valence-electron chi connectivity index (χ2n) is 4.61. The number of aromatic nitrogens is 3. The molecular weight excluding hydrogens is 264 g/mol. The molecule has 1 unspecified atom stereocenters. The van der Waals surface area contributed by atoms with Crippen LogP contribution in [0.5, 0.6) is 0 Å². The van der Waals surface area contributed by atoms with Crippen LogP contribution in [0.2, 0.25) is 5.02 Å². The maximum absolute atomic E-state index is 10.0. The van der Waals surface area contributed by atoms with Crippen molar-refractivity contribution in [3.8, 4) is 0 Å². The summed E-state index contributed by atoms with van der Waals surface area (Å²) in [6.07, 6.45) is 3.25. The van der Waals surface area contributed by atoms with Crippen LogP contribution in [-0.2, 0) is 0 Å². The van der Waals surface area contributed by atoms with E-state index in [1.54, 1.807) is 22.8 Å². The first-order valence-electron chi connectivity index (χ1n) is 6.58. The van der Waals surface area contributed by atoms with E-state index in [2.05, 4.69) is 29.2 Å². The van der Waals surface area contributed by atoms with Gasteiger partial charge in [-0.25, -0.2) is 4.52 Å². The Kier molecular flexibility index (Phi) is 4.61. The van der Waals surface area contributed by atoms with Crippen LogP contribution in [0.15, 0.2) is 18.3 Å². The van der Waals surface area contributed by atoms with Crippen LogP contribution in [0.4, 0.5) is 5.95 Å². The summed E-state index contributed by atoms with van der Waals surface area (Å²) in [7, 11) is 0. The molecule has 0 saturated carbocycles. The van der Waals surface area contributed by atoms with Gasteiger partial charge in [-0.2, -0.15) is 4.98 Å². The van der Waals surface area contributed by atoms with Crippen LogP contribution in [0, 0.1) is 5.92 Å². The summed E-state index contributed by atoms with van der Waals surface area (Å²) in [5.74, 6) is 0.811. The molecule has 19 heavy (non-hydrogen) atoms. The van der Waals surface area contributed by atoms with Crippen molar-refractivity contribution in [3.05, 3.63) is 23.4 Å². The number of hydrogen-bond donors (Lipinski definition) is 2. The molecule has 0 saturated heterocycles. The van der Waals surface area contributed by atoms with E-state index in [1.807, 2.05) is 0 Å². The summed E-state index contributed by atoms with van der Waals surface area (Å²) < 4.78 is 1.62. The van der Waals surface area contributed by atoms with Crippen molar-refractivity contribution in [1.29, 1.82) is 0 Å². The number of hydrogen-bond acceptors (Lipinski definition) is 4. The highest BCUT2D eigenvalue weighted by molar-refractivity contribution is 6.30. The molecule has 0 spiro atoms. The highest BCUT2D eigenvalue weighted by Crippen LogP contribution is 2.14. The van der Waals surface area contributed by atoms with E-state index in [1.165, 1.54) is 0 Å². The van der Waals surface area contributed by atoms with Gasteiger partial charge in [0.1, 0.15) is 0 Å². The molecule has 0 bridgehead atoms. The second kappa shape index (κ2) is 6.21. The number of rotatable bonds is 6. The minimum absolute atomic E-state index is 0.305. The third-order valence-corrected chi connectivity index (χ3v) is 3.58. The SMILES string of the molecule is CCC(CC)C(O)CNc1nc2ccc(Cl)cn2n1. The lowest BCUT2D eigenvalue weighted by Gasteiger charge is -2.19. The Morgan fingerprint density at radius 3 is 2.79 bits per heavy atom. The van der Waals surface area contributed by atoms with Gasteiger partial charge in [0.25, 0.3) is 0 Å². The number of aliphatic hydroxyl groups excluding tert-OH is 1. The summed E-state index contributed by atoms with van der Waals surface area (Å²) in [6, 6.07) is 3.58. The second-order valence-corrected chi connectivity index (χ2v) is 5.05. The van der Waals surface area contributed by atoms with Crippen molar-refractivity contribution in [2.45, 2.75) is 32.8 Å². The van der Waals surface area contributed by atoms with E-state index >= 15 is 0 Å². The van der Waals surface area contributed by atoms with Crippen molar-refractivity contribution < 1.29 is 5.11 Å². The van der Waals surface area contributed by atoms with Crippen LogP contribution in [0.3, 0.4) is 0 Å². The van der Waals surface area contributed by atoms with Gasteiger partial charge in [-0.1, -0.05) is 38.3 Å². The first kappa shape index (κ1) is 14.1. The highest BCUT2D eigenvalue weighted by Gasteiger charge is 2.15. The Hall–Kier alpha value is -1.33. The maximum Gasteiger partial charge on any atom is 0.243 e. The molecule has 1 atom stereocenters. The summed E-state index contributed by atoms with van der Waals surface area (Å²) in [5, 5.41) is 18.0. The molecule has 5 nitrogen and oxygen atoms in total. The van der Waals surface area contributed by atoms with E-state index < -0.39 is 0 Å². The lowest BCUT2D eigenvalue weighted by molar-refractivity contribution is 0.114. The quantitative estimate of drug-likeness (QED) is 0.855. The summed E-state index contributed by atoms with van der Waals surface area (Å²) in [4.78, 5) is 4.31.